The van der Waals surface area contributed by atoms with E-state index < -0.39 is 0 Å². The second kappa shape index (κ2) is 15.7. The van der Waals surface area contributed by atoms with Crippen molar-refractivity contribution in [3.63, 3.8) is 0 Å². The number of primary amides is 1. The minimum Gasteiger partial charge on any atom is -0.351 e. The largest absolute Gasteiger partial charge is 0.420 e. The number of hydrogen-bond acceptors (Lipinski definition) is 3. The zero-order chi connectivity index (χ0) is 28.9. The van der Waals surface area contributed by atoms with Crippen LogP contribution in [0.2, 0.25) is 0 Å². The summed E-state index contributed by atoms with van der Waals surface area (Å²) in [5.74, 6) is 1.26. The van der Waals surface area contributed by atoms with Gasteiger partial charge in [0, 0.05) is 13.1 Å². The van der Waals surface area contributed by atoms with Crippen molar-refractivity contribution in [3.8, 4) is 0 Å². The van der Waals surface area contributed by atoms with Crippen LogP contribution in [0.4, 0.5) is 4.79 Å². The van der Waals surface area contributed by atoms with Crippen molar-refractivity contribution in [1.82, 2.24) is 10.6 Å². The van der Waals surface area contributed by atoms with Gasteiger partial charge in [-0.05, 0) is 53.4 Å². The van der Waals surface area contributed by atoms with Crippen LogP contribution in [0.5, 0.6) is 0 Å². The zero-order valence-corrected chi connectivity index (χ0v) is 24.1. The minimum atomic E-state index is -0.279. The van der Waals surface area contributed by atoms with Crippen LogP contribution in [0.15, 0.2) is 89.9 Å². The normalized spacial score (nSPS) is 17.9. The van der Waals surface area contributed by atoms with Crippen molar-refractivity contribution >= 4 is 17.9 Å². The fourth-order valence-electron chi connectivity index (χ4n) is 5.66. The van der Waals surface area contributed by atoms with Crippen LogP contribution in [-0.2, 0) is 24.3 Å². The molecule has 7 heteroatoms. The molecule has 1 aliphatic rings. The van der Waals surface area contributed by atoms with Gasteiger partial charge in [-0.25, -0.2) is 9.79 Å². The molecule has 3 aromatic carbocycles. The molecule has 1 saturated carbocycles. The summed E-state index contributed by atoms with van der Waals surface area (Å²) >= 11 is 0. The van der Waals surface area contributed by atoms with Crippen LogP contribution in [0.1, 0.15) is 67.2 Å². The lowest BCUT2D eigenvalue weighted by Gasteiger charge is -2.28. The highest BCUT2D eigenvalue weighted by Gasteiger charge is 2.22. The van der Waals surface area contributed by atoms with Crippen molar-refractivity contribution in [2.24, 2.45) is 22.6 Å². The van der Waals surface area contributed by atoms with Crippen molar-refractivity contribution in [2.75, 3.05) is 6.54 Å². The predicted octanol–water partition coefficient (Wildman–Crippen LogP) is 4.63. The van der Waals surface area contributed by atoms with E-state index >= 15 is 0 Å². The average molecular weight is 555 g/mol. The van der Waals surface area contributed by atoms with Gasteiger partial charge in [0.15, 0.2) is 0 Å². The Bertz CT molecular complexity index is 1280. The van der Waals surface area contributed by atoms with Gasteiger partial charge >= 0.3 is 12.0 Å². The Balaban J connectivity index is 1.27. The predicted molar refractivity (Wildman–Crippen MR) is 164 cm³/mol. The number of rotatable bonds is 11. The van der Waals surface area contributed by atoms with Gasteiger partial charge in [-0.15, -0.1) is 0 Å². The maximum Gasteiger partial charge on any atom is 0.420 e. The summed E-state index contributed by atoms with van der Waals surface area (Å²) in [7, 11) is 0. The standard InChI is InChI=1S/C34H43N5O2/c1-2-25-13-9-14-27(19-25)24-38-34(41)39-33(35)37-23-29-16-10-15-28(20-29)22-36-32(40)31(30-17-7-4-8-18-30)21-26-11-5-3-6-12-26/h3-8,10-12,15-18,20,25,27,31H,2,9,13-14,19,21-24H2,1H3,(H,36,40)(H4,35,37,38,39,41)/p+1. The molecule has 0 saturated heterocycles. The van der Waals surface area contributed by atoms with E-state index in [1.165, 1.54) is 37.4 Å². The van der Waals surface area contributed by atoms with Crippen LogP contribution in [0.3, 0.4) is 0 Å². The van der Waals surface area contributed by atoms with Crippen LogP contribution < -0.4 is 21.7 Å². The molecule has 1 aliphatic carbocycles. The number of benzene rings is 3. The van der Waals surface area contributed by atoms with Gasteiger partial charge in [0.1, 0.15) is 0 Å². The van der Waals surface area contributed by atoms with Gasteiger partial charge in [0.05, 0.1) is 12.5 Å². The van der Waals surface area contributed by atoms with Crippen LogP contribution in [0, 0.1) is 11.8 Å². The quantitative estimate of drug-likeness (QED) is 0.205. The number of guanidine groups is 1. The first-order chi connectivity index (χ1) is 20.0. The highest BCUT2D eigenvalue weighted by atomic mass is 16.2. The lowest BCUT2D eigenvalue weighted by atomic mass is 9.80. The molecule has 0 aromatic heterocycles. The number of nitrogens with zero attached hydrogens (tertiary/aromatic N) is 1. The molecule has 0 aliphatic heterocycles. The lowest BCUT2D eigenvalue weighted by molar-refractivity contribution is -0.433. The smallest absolute Gasteiger partial charge is 0.351 e. The molecule has 6 N–H and O–H groups in total. The summed E-state index contributed by atoms with van der Waals surface area (Å²) in [6, 6.07) is 27.7. The van der Waals surface area contributed by atoms with Gasteiger partial charge in [0.2, 0.25) is 5.91 Å². The second-order valence-corrected chi connectivity index (χ2v) is 11.1. The molecule has 0 radical (unpaired) electrons. The first-order valence-corrected chi connectivity index (χ1v) is 14.9. The summed E-state index contributed by atoms with van der Waals surface area (Å²) < 4.78 is 0. The first-order valence-electron chi connectivity index (χ1n) is 14.9. The monoisotopic (exact) mass is 554 g/mol. The first kappa shape index (κ1) is 30.0. The van der Waals surface area contributed by atoms with E-state index in [1.54, 1.807) is 0 Å². The van der Waals surface area contributed by atoms with Gasteiger partial charge in [-0.3, -0.25) is 4.79 Å². The Morgan fingerprint density at radius 2 is 1.59 bits per heavy atom. The molecule has 4 rings (SSSR count). The molecule has 0 bridgehead atoms. The third-order valence-corrected chi connectivity index (χ3v) is 8.02. The van der Waals surface area contributed by atoms with Crippen LogP contribution in [-0.4, -0.2) is 24.4 Å². The molecule has 7 nitrogen and oxygen atoms in total. The fourth-order valence-corrected chi connectivity index (χ4v) is 5.66. The average Bonchev–Trinajstić information content (AvgIpc) is 3.01. The van der Waals surface area contributed by atoms with Crippen molar-refractivity contribution in [2.45, 2.75) is 64.5 Å². The lowest BCUT2D eigenvalue weighted by Crippen LogP contribution is -2.96. The van der Waals surface area contributed by atoms with Crippen molar-refractivity contribution < 1.29 is 14.9 Å². The number of nitrogens with one attached hydrogen (secondary N) is 2. The Morgan fingerprint density at radius 1 is 0.902 bits per heavy atom. The summed E-state index contributed by atoms with van der Waals surface area (Å²) in [6.07, 6.45) is 6.77. The third-order valence-electron chi connectivity index (χ3n) is 8.02. The Labute approximate surface area is 244 Å². The van der Waals surface area contributed by atoms with E-state index in [0.717, 1.165) is 28.2 Å². The number of hydrogen-bond donors (Lipinski definition) is 4. The van der Waals surface area contributed by atoms with E-state index in [1.807, 2.05) is 72.8 Å². The topological polar surface area (TPSA) is 113 Å². The second-order valence-electron chi connectivity index (χ2n) is 11.1. The van der Waals surface area contributed by atoms with E-state index in [0.29, 0.717) is 32.0 Å². The Hall–Kier alpha value is -3.97. The number of nitrogens with two attached hydrogens (primary N) is 2. The number of urea groups is 1. The maximum absolute atomic E-state index is 13.3. The highest BCUT2D eigenvalue weighted by molar-refractivity contribution is 5.84. The molecule has 3 aromatic rings. The molecular weight excluding hydrogens is 510 g/mol. The highest BCUT2D eigenvalue weighted by Crippen LogP contribution is 2.30. The molecule has 41 heavy (non-hydrogen) atoms. The van der Waals surface area contributed by atoms with Gasteiger partial charge in [-0.1, -0.05) is 111 Å². The molecular formula is C34H44N5O2+. The summed E-state index contributed by atoms with van der Waals surface area (Å²) in [4.78, 5) is 30.1. The molecule has 3 unspecified atom stereocenters. The van der Waals surface area contributed by atoms with Gasteiger partial charge < -0.3 is 16.4 Å². The molecule has 216 valence electrons. The minimum absolute atomic E-state index is 0.00762. The van der Waals surface area contributed by atoms with Crippen molar-refractivity contribution in [1.29, 1.82) is 0 Å². The zero-order valence-electron chi connectivity index (χ0n) is 24.1. The summed E-state index contributed by atoms with van der Waals surface area (Å²) in [5, 5.41) is 7.50. The Morgan fingerprint density at radius 3 is 2.34 bits per heavy atom. The van der Waals surface area contributed by atoms with Crippen molar-refractivity contribution in [3.05, 3.63) is 107 Å². The van der Waals surface area contributed by atoms with E-state index in [9.17, 15) is 9.59 Å². The molecule has 3 amide bonds. The van der Waals surface area contributed by atoms with E-state index in [4.69, 9.17) is 5.73 Å². The number of aliphatic imine (C=N–C) groups is 1. The fraction of sp³-hybridized carbons (Fsp3) is 0.382. The third kappa shape index (κ3) is 9.87. The molecule has 3 atom stereocenters. The molecule has 0 heterocycles. The van der Waals surface area contributed by atoms with Gasteiger partial charge in [-0.2, -0.15) is 5.32 Å². The number of quaternary nitrogens is 1. The van der Waals surface area contributed by atoms with Crippen LogP contribution >= 0.6 is 0 Å². The van der Waals surface area contributed by atoms with E-state index in [2.05, 4.69) is 34.7 Å². The Kier molecular flexibility index (Phi) is 11.5. The summed E-state index contributed by atoms with van der Waals surface area (Å²) in [6.45, 7) is 3.72. The van der Waals surface area contributed by atoms with Crippen LogP contribution in [0.25, 0.3) is 0 Å². The summed E-state index contributed by atoms with van der Waals surface area (Å²) in [5.41, 5.74) is 10.1. The maximum atomic E-state index is 13.3. The molecule has 0 spiro atoms. The molecule has 1 fully saturated rings. The number of carbonyl (C=O) groups excluding carboxylic acids is 2. The number of amides is 3. The van der Waals surface area contributed by atoms with Gasteiger partial charge in [0.25, 0.3) is 0 Å². The van der Waals surface area contributed by atoms with E-state index in [-0.39, 0.29) is 23.8 Å². The number of carbonyl (C=O) groups is 2. The SMILES string of the molecule is CCC1CCCC(CNC(=O)[NH2+]C(N)=NCc2cccc(CNC(=O)C(Cc3ccccc3)c3ccccc3)c2)C1.